The van der Waals surface area contributed by atoms with E-state index in [1.807, 2.05) is 13.0 Å². The Bertz CT molecular complexity index is 392. The predicted octanol–water partition coefficient (Wildman–Crippen LogP) is 3.00. The Morgan fingerprint density at radius 2 is 2.29 bits per heavy atom. The second-order valence-electron chi connectivity index (χ2n) is 3.30. The molecule has 0 aliphatic carbocycles. The van der Waals surface area contributed by atoms with Gasteiger partial charge in [0, 0.05) is 10.1 Å². The molecule has 4 heteroatoms. The van der Waals surface area contributed by atoms with Crippen molar-refractivity contribution in [1.29, 1.82) is 0 Å². The molecule has 1 aliphatic heterocycles. The van der Waals surface area contributed by atoms with Gasteiger partial charge in [0.1, 0.15) is 0 Å². The Morgan fingerprint density at radius 3 is 2.93 bits per heavy atom. The first-order valence-electron chi connectivity index (χ1n) is 4.29. The number of rotatable bonds is 1. The molecule has 1 aromatic rings. The summed E-state index contributed by atoms with van der Waals surface area (Å²) in [4.78, 5) is 12.0. The van der Waals surface area contributed by atoms with Crippen molar-refractivity contribution in [2.24, 2.45) is 0 Å². The van der Waals surface area contributed by atoms with Crippen LogP contribution in [0.3, 0.4) is 0 Å². The Balaban J connectivity index is 2.53. The summed E-state index contributed by atoms with van der Waals surface area (Å²) in [5.74, 6) is -1.19. The maximum Gasteiger partial charge on any atom is 0.312 e. The highest BCUT2D eigenvalue weighted by Gasteiger charge is 2.36. The summed E-state index contributed by atoms with van der Waals surface area (Å²) in [6, 6.07) is 5.44. The molecule has 1 aromatic carbocycles. The van der Waals surface area contributed by atoms with E-state index in [0.29, 0.717) is 5.02 Å². The lowest BCUT2D eigenvalue weighted by atomic mass is 9.97. The normalized spacial score (nSPS) is 24.7. The number of aliphatic carboxylic acids is 1. The van der Waals surface area contributed by atoms with E-state index in [1.54, 1.807) is 23.9 Å². The Morgan fingerprint density at radius 1 is 1.57 bits per heavy atom. The minimum absolute atomic E-state index is 0.0578. The molecule has 0 aromatic heterocycles. The van der Waals surface area contributed by atoms with Crippen LogP contribution in [0.15, 0.2) is 23.1 Å². The molecule has 0 radical (unpaired) electrons. The largest absolute Gasteiger partial charge is 0.481 e. The minimum Gasteiger partial charge on any atom is -0.481 e. The van der Waals surface area contributed by atoms with Gasteiger partial charge < -0.3 is 5.11 Å². The zero-order chi connectivity index (χ0) is 10.3. The summed E-state index contributed by atoms with van der Waals surface area (Å²) in [5.41, 5.74) is 0.850. The third-order valence-corrected chi connectivity index (χ3v) is 4.13. The standard InChI is InChI=1S/C10H9ClO2S/c1-5-8(10(12)13)6-3-2-4-7(11)9(6)14-5/h2-5,8H,1H3,(H,12,13). The summed E-state index contributed by atoms with van der Waals surface area (Å²) in [6.45, 7) is 1.92. The summed E-state index contributed by atoms with van der Waals surface area (Å²) in [7, 11) is 0. The highest BCUT2D eigenvalue weighted by atomic mass is 35.5. The molecule has 2 atom stereocenters. The first-order valence-corrected chi connectivity index (χ1v) is 5.55. The molecule has 1 N–H and O–H groups in total. The molecular weight excluding hydrogens is 220 g/mol. The van der Waals surface area contributed by atoms with Crippen LogP contribution in [-0.2, 0) is 4.79 Å². The lowest BCUT2D eigenvalue weighted by Gasteiger charge is -2.09. The number of hydrogen-bond acceptors (Lipinski definition) is 2. The molecule has 1 heterocycles. The van der Waals surface area contributed by atoms with Crippen LogP contribution in [0, 0.1) is 0 Å². The van der Waals surface area contributed by atoms with Crippen LogP contribution in [0.4, 0.5) is 0 Å². The average Bonchev–Trinajstić information content (AvgIpc) is 2.42. The number of carboxylic acids is 1. The highest BCUT2D eigenvalue weighted by Crippen LogP contribution is 2.48. The summed E-state index contributed by atoms with van der Waals surface area (Å²) < 4.78 is 0. The molecular formula is C10H9ClO2S. The molecule has 14 heavy (non-hydrogen) atoms. The Labute approximate surface area is 91.3 Å². The smallest absolute Gasteiger partial charge is 0.312 e. The number of benzene rings is 1. The number of carboxylic acid groups (broad SMARTS) is 1. The van der Waals surface area contributed by atoms with Gasteiger partial charge >= 0.3 is 5.97 Å². The number of carbonyl (C=O) groups is 1. The molecule has 0 spiro atoms. The Hall–Kier alpha value is -0.670. The zero-order valence-electron chi connectivity index (χ0n) is 7.53. The first kappa shape index (κ1) is 9.87. The predicted molar refractivity (Wildman–Crippen MR) is 57.1 cm³/mol. The van der Waals surface area contributed by atoms with Crippen molar-refractivity contribution < 1.29 is 9.90 Å². The number of hydrogen-bond donors (Lipinski definition) is 1. The molecule has 2 nitrogen and oxygen atoms in total. The van der Waals surface area contributed by atoms with Crippen molar-refractivity contribution in [3.05, 3.63) is 28.8 Å². The second kappa shape index (κ2) is 3.48. The third kappa shape index (κ3) is 1.41. The number of fused-ring (bicyclic) bond motifs is 1. The van der Waals surface area contributed by atoms with Crippen LogP contribution in [-0.4, -0.2) is 16.3 Å². The van der Waals surface area contributed by atoms with Crippen LogP contribution in [0.5, 0.6) is 0 Å². The van der Waals surface area contributed by atoms with E-state index in [0.717, 1.165) is 10.5 Å². The molecule has 0 bridgehead atoms. The Kier molecular flexibility index (Phi) is 2.45. The van der Waals surface area contributed by atoms with Gasteiger partial charge in [0.15, 0.2) is 0 Å². The fraction of sp³-hybridized carbons (Fsp3) is 0.300. The number of thioether (sulfide) groups is 1. The van der Waals surface area contributed by atoms with E-state index < -0.39 is 11.9 Å². The van der Waals surface area contributed by atoms with E-state index in [2.05, 4.69) is 0 Å². The fourth-order valence-corrected chi connectivity index (χ4v) is 3.33. The molecule has 0 saturated heterocycles. The van der Waals surface area contributed by atoms with Crippen molar-refractivity contribution >= 4 is 29.3 Å². The second-order valence-corrected chi connectivity index (χ2v) is 5.09. The maximum atomic E-state index is 11.0. The van der Waals surface area contributed by atoms with E-state index in [1.165, 1.54) is 0 Å². The van der Waals surface area contributed by atoms with Crippen LogP contribution in [0.1, 0.15) is 18.4 Å². The van der Waals surface area contributed by atoms with Crippen molar-refractivity contribution in [3.63, 3.8) is 0 Å². The van der Waals surface area contributed by atoms with Crippen LogP contribution < -0.4 is 0 Å². The SMILES string of the molecule is CC1Sc2c(Cl)cccc2C1C(=O)O. The summed E-state index contributed by atoms with van der Waals surface area (Å²) >= 11 is 7.53. The molecule has 74 valence electrons. The fourth-order valence-electron chi connectivity index (χ4n) is 1.74. The monoisotopic (exact) mass is 228 g/mol. The molecule has 0 amide bonds. The van der Waals surface area contributed by atoms with E-state index in [4.69, 9.17) is 16.7 Å². The molecule has 0 saturated carbocycles. The van der Waals surface area contributed by atoms with E-state index in [9.17, 15) is 4.79 Å². The lowest BCUT2D eigenvalue weighted by molar-refractivity contribution is -0.138. The van der Waals surface area contributed by atoms with Crippen molar-refractivity contribution in [1.82, 2.24) is 0 Å². The van der Waals surface area contributed by atoms with Gasteiger partial charge in [-0.05, 0) is 11.6 Å². The van der Waals surface area contributed by atoms with Gasteiger partial charge in [-0.2, -0.15) is 0 Å². The van der Waals surface area contributed by atoms with Gasteiger partial charge in [0.05, 0.1) is 10.9 Å². The summed E-state index contributed by atoms with van der Waals surface area (Å²) in [6.07, 6.45) is 0. The van der Waals surface area contributed by atoms with Crippen molar-refractivity contribution in [3.8, 4) is 0 Å². The van der Waals surface area contributed by atoms with Crippen molar-refractivity contribution in [2.75, 3.05) is 0 Å². The van der Waals surface area contributed by atoms with Gasteiger partial charge in [0.2, 0.25) is 0 Å². The van der Waals surface area contributed by atoms with Crippen LogP contribution in [0.25, 0.3) is 0 Å². The van der Waals surface area contributed by atoms with E-state index in [-0.39, 0.29) is 5.25 Å². The van der Waals surface area contributed by atoms with Crippen LogP contribution >= 0.6 is 23.4 Å². The minimum atomic E-state index is -0.772. The van der Waals surface area contributed by atoms with E-state index >= 15 is 0 Å². The average molecular weight is 229 g/mol. The van der Waals surface area contributed by atoms with Gasteiger partial charge in [-0.1, -0.05) is 30.7 Å². The van der Waals surface area contributed by atoms with Gasteiger partial charge in [-0.25, -0.2) is 0 Å². The third-order valence-electron chi connectivity index (χ3n) is 2.37. The topological polar surface area (TPSA) is 37.3 Å². The molecule has 1 aliphatic rings. The quantitative estimate of drug-likeness (QED) is 0.803. The first-order chi connectivity index (χ1) is 6.61. The molecule has 0 fully saturated rings. The van der Waals surface area contributed by atoms with Gasteiger partial charge in [0.25, 0.3) is 0 Å². The van der Waals surface area contributed by atoms with Gasteiger partial charge in [-0.3, -0.25) is 4.79 Å². The highest BCUT2D eigenvalue weighted by molar-refractivity contribution is 8.00. The maximum absolute atomic E-state index is 11.0. The number of halogens is 1. The van der Waals surface area contributed by atoms with Crippen molar-refractivity contribution in [2.45, 2.75) is 23.0 Å². The summed E-state index contributed by atoms with van der Waals surface area (Å²) in [5, 5.41) is 9.78. The van der Waals surface area contributed by atoms with Crippen LogP contribution in [0.2, 0.25) is 5.02 Å². The zero-order valence-corrected chi connectivity index (χ0v) is 9.10. The van der Waals surface area contributed by atoms with Gasteiger partial charge in [-0.15, -0.1) is 11.8 Å². The molecule has 2 unspecified atom stereocenters. The lowest BCUT2D eigenvalue weighted by Crippen LogP contribution is -2.16. The molecule has 2 rings (SSSR count).